The van der Waals surface area contributed by atoms with Gasteiger partial charge >= 0.3 is 12.1 Å². The van der Waals surface area contributed by atoms with Crippen LogP contribution in [0.25, 0.3) is 0 Å². The smallest absolute Gasteiger partial charge is 0.416 e. The largest absolute Gasteiger partial charge is 0.493 e. The van der Waals surface area contributed by atoms with Gasteiger partial charge in [0.25, 0.3) is 11.8 Å². The molecule has 8 nitrogen and oxygen atoms in total. The number of carbonyl (C=O) groups excluding carboxylic acids is 3. The molecular weight excluding hydrogens is 529 g/mol. The standard InChI is InChI=1S/C29H27F3N2O6/c1-18(27(36)34-13-12-19-6-3-4-7-21(19)16-34)40-28(37)20-10-11-24(25(14-20)38-2)39-17-26(35)33-23-9-5-8-22(15-23)29(30,31)32/h3-11,14-15,18H,12-13,16-17H2,1-2H3,(H,33,35)/t18-/m0/s1. The minimum Gasteiger partial charge on any atom is -0.493 e. The van der Waals surface area contributed by atoms with Gasteiger partial charge in [-0.2, -0.15) is 13.2 Å². The third-order valence-corrected chi connectivity index (χ3v) is 6.31. The van der Waals surface area contributed by atoms with Crippen molar-refractivity contribution in [3.8, 4) is 11.5 Å². The fraction of sp³-hybridized carbons (Fsp3) is 0.276. The third-order valence-electron chi connectivity index (χ3n) is 6.31. The number of carbonyl (C=O) groups is 3. The summed E-state index contributed by atoms with van der Waals surface area (Å²) in [6.45, 7) is 1.95. The van der Waals surface area contributed by atoms with E-state index >= 15 is 0 Å². The number of esters is 1. The number of amides is 2. The normalized spacial score (nSPS) is 13.6. The summed E-state index contributed by atoms with van der Waals surface area (Å²) in [6, 6.07) is 16.2. The number of fused-ring (bicyclic) bond motifs is 1. The molecule has 0 fully saturated rings. The lowest BCUT2D eigenvalue weighted by Gasteiger charge is -2.30. The van der Waals surface area contributed by atoms with Crippen LogP contribution in [-0.2, 0) is 33.5 Å². The van der Waals surface area contributed by atoms with Gasteiger partial charge in [-0.15, -0.1) is 0 Å². The van der Waals surface area contributed by atoms with E-state index in [1.54, 1.807) is 4.90 Å². The molecule has 1 aliphatic heterocycles. The van der Waals surface area contributed by atoms with Crippen molar-refractivity contribution in [2.24, 2.45) is 0 Å². The molecule has 0 bridgehead atoms. The highest BCUT2D eigenvalue weighted by Gasteiger charge is 2.31. The van der Waals surface area contributed by atoms with Gasteiger partial charge < -0.3 is 24.4 Å². The van der Waals surface area contributed by atoms with Gasteiger partial charge in [0.05, 0.1) is 18.2 Å². The van der Waals surface area contributed by atoms with Crippen LogP contribution >= 0.6 is 0 Å². The van der Waals surface area contributed by atoms with E-state index in [9.17, 15) is 27.6 Å². The monoisotopic (exact) mass is 556 g/mol. The number of benzene rings is 3. The van der Waals surface area contributed by atoms with E-state index in [2.05, 4.69) is 5.32 Å². The number of alkyl halides is 3. The maximum atomic E-state index is 12.9. The van der Waals surface area contributed by atoms with Crippen LogP contribution in [0.15, 0.2) is 66.7 Å². The lowest BCUT2D eigenvalue weighted by Crippen LogP contribution is -2.42. The predicted molar refractivity (Wildman–Crippen MR) is 139 cm³/mol. The minimum atomic E-state index is -4.54. The molecule has 0 aliphatic carbocycles. The Kier molecular flexibility index (Phi) is 8.61. The number of hydrogen-bond acceptors (Lipinski definition) is 6. The van der Waals surface area contributed by atoms with Crippen molar-refractivity contribution in [2.45, 2.75) is 32.2 Å². The molecule has 0 radical (unpaired) electrons. The maximum absolute atomic E-state index is 12.9. The Morgan fingerprint density at radius 3 is 2.45 bits per heavy atom. The molecule has 40 heavy (non-hydrogen) atoms. The van der Waals surface area contributed by atoms with Gasteiger partial charge in [-0.05, 0) is 60.9 Å². The fourth-order valence-corrected chi connectivity index (χ4v) is 4.25. The summed E-state index contributed by atoms with van der Waals surface area (Å²) < 4.78 is 54.8. The van der Waals surface area contributed by atoms with Gasteiger partial charge in [-0.1, -0.05) is 30.3 Å². The number of methoxy groups -OCH3 is 1. The first kappa shape index (κ1) is 28.5. The molecule has 11 heteroatoms. The van der Waals surface area contributed by atoms with Crippen molar-refractivity contribution in [2.75, 3.05) is 25.6 Å². The minimum absolute atomic E-state index is 0.0362. The molecule has 0 aromatic heterocycles. The van der Waals surface area contributed by atoms with Crippen molar-refractivity contribution in [3.05, 3.63) is 89.0 Å². The molecule has 1 aliphatic rings. The van der Waals surface area contributed by atoms with Crippen LogP contribution in [0.4, 0.5) is 18.9 Å². The zero-order chi connectivity index (χ0) is 28.9. The van der Waals surface area contributed by atoms with Gasteiger partial charge in [0.15, 0.2) is 24.2 Å². The van der Waals surface area contributed by atoms with E-state index in [0.29, 0.717) is 13.1 Å². The second-order valence-electron chi connectivity index (χ2n) is 9.11. The molecule has 1 heterocycles. The Hall–Kier alpha value is -4.54. The Morgan fingerprint density at radius 1 is 0.975 bits per heavy atom. The maximum Gasteiger partial charge on any atom is 0.416 e. The summed E-state index contributed by atoms with van der Waals surface area (Å²) in [5.74, 6) is -1.51. The number of halogens is 3. The van der Waals surface area contributed by atoms with Crippen LogP contribution in [0.3, 0.4) is 0 Å². The highest BCUT2D eigenvalue weighted by molar-refractivity contribution is 5.93. The van der Waals surface area contributed by atoms with E-state index < -0.39 is 36.3 Å². The second kappa shape index (κ2) is 12.1. The van der Waals surface area contributed by atoms with Gasteiger partial charge in [-0.3, -0.25) is 9.59 Å². The van der Waals surface area contributed by atoms with Crippen molar-refractivity contribution in [1.29, 1.82) is 0 Å². The molecule has 0 spiro atoms. The molecule has 1 N–H and O–H groups in total. The van der Waals surface area contributed by atoms with E-state index in [4.69, 9.17) is 14.2 Å². The van der Waals surface area contributed by atoms with Crippen LogP contribution in [0, 0.1) is 0 Å². The Morgan fingerprint density at radius 2 is 1.73 bits per heavy atom. The van der Waals surface area contributed by atoms with Gasteiger partial charge in [0.1, 0.15) is 0 Å². The zero-order valence-electron chi connectivity index (χ0n) is 21.8. The highest BCUT2D eigenvalue weighted by Crippen LogP contribution is 2.31. The number of rotatable bonds is 8. The summed E-state index contributed by atoms with van der Waals surface area (Å²) in [6.07, 6.45) is -4.84. The SMILES string of the molecule is COc1cc(C(=O)O[C@@H](C)C(=O)N2CCc3ccccc3C2)ccc1OCC(=O)Nc1cccc(C(F)(F)F)c1. The zero-order valence-corrected chi connectivity index (χ0v) is 21.8. The second-order valence-corrected chi connectivity index (χ2v) is 9.11. The molecule has 1 atom stereocenters. The number of anilines is 1. The fourth-order valence-electron chi connectivity index (χ4n) is 4.25. The molecule has 0 saturated carbocycles. The first-order valence-corrected chi connectivity index (χ1v) is 12.4. The van der Waals surface area contributed by atoms with Crippen LogP contribution in [0.1, 0.15) is 34.0 Å². The molecule has 4 rings (SSSR count). The van der Waals surface area contributed by atoms with Gasteiger partial charge in [-0.25, -0.2) is 4.79 Å². The average molecular weight is 557 g/mol. The quantitative estimate of drug-likeness (QED) is 0.399. The highest BCUT2D eigenvalue weighted by atomic mass is 19.4. The molecule has 2 amide bonds. The average Bonchev–Trinajstić information content (AvgIpc) is 2.94. The van der Waals surface area contributed by atoms with Crippen LogP contribution in [0.2, 0.25) is 0 Å². The summed E-state index contributed by atoms with van der Waals surface area (Å²) in [5.41, 5.74) is 1.42. The summed E-state index contributed by atoms with van der Waals surface area (Å²) in [5, 5.41) is 2.34. The van der Waals surface area contributed by atoms with Crippen molar-refractivity contribution in [1.82, 2.24) is 4.90 Å². The van der Waals surface area contributed by atoms with E-state index in [0.717, 1.165) is 24.1 Å². The topological polar surface area (TPSA) is 94.2 Å². The molecule has 0 saturated heterocycles. The molecule has 210 valence electrons. The Balaban J connectivity index is 1.33. The van der Waals surface area contributed by atoms with Crippen molar-refractivity contribution in [3.63, 3.8) is 0 Å². The van der Waals surface area contributed by atoms with Crippen molar-refractivity contribution < 1.29 is 41.8 Å². The summed E-state index contributed by atoms with van der Waals surface area (Å²) in [7, 11) is 1.33. The van der Waals surface area contributed by atoms with Crippen LogP contribution in [-0.4, -0.2) is 49.0 Å². The first-order valence-electron chi connectivity index (χ1n) is 12.4. The lowest BCUT2D eigenvalue weighted by atomic mass is 9.99. The number of hydrogen-bond donors (Lipinski definition) is 1. The van der Waals surface area contributed by atoms with Crippen LogP contribution in [0.5, 0.6) is 11.5 Å². The van der Waals surface area contributed by atoms with Gasteiger partial charge in [0, 0.05) is 18.8 Å². The third kappa shape index (κ3) is 6.90. The summed E-state index contributed by atoms with van der Waals surface area (Å²) in [4.78, 5) is 39.6. The lowest BCUT2D eigenvalue weighted by molar-refractivity contribution is -0.140. The molecule has 3 aromatic carbocycles. The van der Waals surface area contributed by atoms with Crippen molar-refractivity contribution >= 4 is 23.5 Å². The Bertz CT molecular complexity index is 1410. The number of nitrogens with zero attached hydrogens (tertiary/aromatic N) is 1. The van der Waals surface area contributed by atoms with E-state index in [-0.39, 0.29) is 28.7 Å². The van der Waals surface area contributed by atoms with E-state index in [1.807, 2.05) is 24.3 Å². The predicted octanol–water partition coefficient (Wildman–Crippen LogP) is 4.86. The van der Waals surface area contributed by atoms with Gasteiger partial charge in [0.2, 0.25) is 0 Å². The Labute approximate surface area is 228 Å². The molecule has 0 unspecified atom stereocenters. The van der Waals surface area contributed by atoms with Crippen LogP contribution < -0.4 is 14.8 Å². The number of ether oxygens (including phenoxy) is 3. The molecular formula is C29H27F3N2O6. The molecule has 3 aromatic rings. The first-order chi connectivity index (χ1) is 19.0. The van der Waals surface area contributed by atoms with E-state index in [1.165, 1.54) is 49.9 Å². The number of nitrogens with one attached hydrogen (secondary N) is 1. The summed E-state index contributed by atoms with van der Waals surface area (Å²) >= 11 is 0.